The Balaban J connectivity index is 1.73. The van der Waals surface area contributed by atoms with Gasteiger partial charge in [0.2, 0.25) is 0 Å². The van der Waals surface area contributed by atoms with Crippen LogP contribution in [0, 0.1) is 17.2 Å². The molecule has 4 heteroatoms. The van der Waals surface area contributed by atoms with Crippen molar-refractivity contribution in [1.29, 1.82) is 5.26 Å². The van der Waals surface area contributed by atoms with E-state index in [9.17, 15) is 5.26 Å². The van der Waals surface area contributed by atoms with Gasteiger partial charge in [0, 0.05) is 18.9 Å². The van der Waals surface area contributed by atoms with Crippen molar-refractivity contribution in [2.24, 2.45) is 11.7 Å². The summed E-state index contributed by atoms with van der Waals surface area (Å²) < 4.78 is 0. The van der Waals surface area contributed by atoms with Crippen LogP contribution in [0.5, 0.6) is 0 Å². The van der Waals surface area contributed by atoms with Gasteiger partial charge in [0.1, 0.15) is 5.54 Å². The molecule has 1 aliphatic carbocycles. The highest BCUT2D eigenvalue weighted by atomic mass is 15.1. The Bertz CT molecular complexity index is 453. The molecule has 20 heavy (non-hydrogen) atoms. The van der Waals surface area contributed by atoms with Gasteiger partial charge in [-0.15, -0.1) is 0 Å². The molecule has 0 amide bonds. The van der Waals surface area contributed by atoms with Gasteiger partial charge in [-0.1, -0.05) is 6.42 Å². The normalized spacial score (nSPS) is 25.8. The van der Waals surface area contributed by atoms with E-state index in [1.165, 1.54) is 5.56 Å². The largest absolute Gasteiger partial charge is 0.313 e. The molecule has 1 fully saturated rings. The number of nitriles is 1. The fourth-order valence-corrected chi connectivity index (χ4v) is 3.01. The third-order valence-electron chi connectivity index (χ3n) is 4.47. The zero-order valence-electron chi connectivity index (χ0n) is 12.3. The number of aromatic nitrogens is 1. The van der Waals surface area contributed by atoms with Crippen LogP contribution in [0.15, 0.2) is 24.5 Å². The van der Waals surface area contributed by atoms with Crippen molar-refractivity contribution < 1.29 is 0 Å². The molecule has 4 nitrogen and oxygen atoms in total. The van der Waals surface area contributed by atoms with E-state index >= 15 is 0 Å². The second-order valence-electron chi connectivity index (χ2n) is 5.94. The Morgan fingerprint density at radius 2 is 2.20 bits per heavy atom. The molecule has 2 unspecified atom stereocenters. The zero-order valence-corrected chi connectivity index (χ0v) is 12.3. The third-order valence-corrected chi connectivity index (χ3v) is 4.47. The Kier molecular flexibility index (Phi) is 5.11. The molecule has 1 aromatic heterocycles. The molecule has 0 aromatic carbocycles. The summed E-state index contributed by atoms with van der Waals surface area (Å²) in [6.45, 7) is 2.04. The first-order valence-electron chi connectivity index (χ1n) is 7.41. The number of likely N-dealkylation sites (N-methyl/N-ethyl adjacent to an activating group) is 1. The summed E-state index contributed by atoms with van der Waals surface area (Å²) in [5, 5.41) is 9.22. The number of hydrogen-bond donors (Lipinski definition) is 1. The average molecular weight is 272 g/mol. The van der Waals surface area contributed by atoms with Crippen LogP contribution >= 0.6 is 0 Å². The third kappa shape index (κ3) is 3.78. The van der Waals surface area contributed by atoms with E-state index in [4.69, 9.17) is 5.73 Å². The lowest BCUT2D eigenvalue weighted by atomic mass is 9.87. The molecular weight excluding hydrogens is 248 g/mol. The minimum absolute atomic E-state index is 0.357. The number of nitrogens with two attached hydrogens (primary N) is 1. The molecule has 108 valence electrons. The van der Waals surface area contributed by atoms with Crippen LogP contribution in [0.3, 0.4) is 0 Å². The van der Waals surface area contributed by atoms with Gasteiger partial charge in [0.15, 0.2) is 0 Å². The fourth-order valence-electron chi connectivity index (χ4n) is 3.01. The number of rotatable bonds is 6. The van der Waals surface area contributed by atoms with E-state index in [1.54, 1.807) is 0 Å². The predicted molar refractivity (Wildman–Crippen MR) is 79.9 cm³/mol. The van der Waals surface area contributed by atoms with Crippen molar-refractivity contribution in [2.45, 2.75) is 37.6 Å². The van der Waals surface area contributed by atoms with E-state index in [1.807, 2.05) is 12.4 Å². The molecule has 0 aliphatic heterocycles. The molecule has 0 bridgehead atoms. The number of hydrogen-bond acceptors (Lipinski definition) is 4. The summed E-state index contributed by atoms with van der Waals surface area (Å²) in [5.41, 5.74) is 6.91. The minimum Gasteiger partial charge on any atom is -0.313 e. The van der Waals surface area contributed by atoms with Gasteiger partial charge >= 0.3 is 0 Å². The van der Waals surface area contributed by atoms with Gasteiger partial charge in [-0.3, -0.25) is 4.98 Å². The van der Waals surface area contributed by atoms with Gasteiger partial charge in [-0.2, -0.15) is 5.26 Å². The lowest BCUT2D eigenvalue weighted by molar-refractivity contribution is 0.277. The SMILES string of the molecule is CN(CCc1ccncc1)CCC1CCCC1(N)C#N. The monoisotopic (exact) mass is 272 g/mol. The lowest BCUT2D eigenvalue weighted by Gasteiger charge is -2.26. The number of nitrogens with zero attached hydrogens (tertiary/aromatic N) is 3. The summed E-state index contributed by atoms with van der Waals surface area (Å²) in [4.78, 5) is 6.36. The summed E-state index contributed by atoms with van der Waals surface area (Å²) in [7, 11) is 2.14. The van der Waals surface area contributed by atoms with Crippen molar-refractivity contribution in [3.8, 4) is 6.07 Å². The molecule has 0 saturated heterocycles. The van der Waals surface area contributed by atoms with Crippen LogP contribution in [-0.2, 0) is 6.42 Å². The van der Waals surface area contributed by atoms with Crippen LogP contribution in [0.25, 0.3) is 0 Å². The smallest absolute Gasteiger partial charge is 0.107 e. The van der Waals surface area contributed by atoms with Crippen LogP contribution in [0.1, 0.15) is 31.2 Å². The van der Waals surface area contributed by atoms with Crippen molar-refractivity contribution >= 4 is 0 Å². The minimum atomic E-state index is -0.577. The summed E-state index contributed by atoms with van der Waals surface area (Å²) in [5.74, 6) is 0.357. The van der Waals surface area contributed by atoms with Crippen molar-refractivity contribution in [3.63, 3.8) is 0 Å². The van der Waals surface area contributed by atoms with Gasteiger partial charge in [0.25, 0.3) is 0 Å². The van der Waals surface area contributed by atoms with E-state index < -0.39 is 5.54 Å². The summed E-state index contributed by atoms with van der Waals surface area (Å²) in [6.07, 6.45) is 8.78. The maximum absolute atomic E-state index is 9.22. The Labute approximate surface area is 121 Å². The van der Waals surface area contributed by atoms with E-state index in [-0.39, 0.29) is 0 Å². The summed E-state index contributed by atoms with van der Waals surface area (Å²) >= 11 is 0. The van der Waals surface area contributed by atoms with Gasteiger partial charge < -0.3 is 10.6 Å². The van der Waals surface area contributed by atoms with Crippen molar-refractivity contribution in [3.05, 3.63) is 30.1 Å². The van der Waals surface area contributed by atoms with Gasteiger partial charge in [0.05, 0.1) is 6.07 Å². The van der Waals surface area contributed by atoms with Crippen LogP contribution < -0.4 is 5.73 Å². The lowest BCUT2D eigenvalue weighted by Crippen LogP contribution is -2.43. The van der Waals surface area contributed by atoms with Crippen LogP contribution in [-0.4, -0.2) is 35.6 Å². The average Bonchev–Trinajstić information content (AvgIpc) is 2.86. The maximum atomic E-state index is 9.22. The van der Waals surface area contributed by atoms with Crippen molar-refractivity contribution in [2.75, 3.05) is 20.1 Å². The van der Waals surface area contributed by atoms with E-state index in [0.717, 1.165) is 45.2 Å². The first kappa shape index (κ1) is 15.0. The second kappa shape index (κ2) is 6.83. The Hall–Kier alpha value is -1.44. The molecule has 0 radical (unpaired) electrons. The fraction of sp³-hybridized carbons (Fsp3) is 0.625. The molecule has 2 N–H and O–H groups in total. The van der Waals surface area contributed by atoms with Gasteiger partial charge in [-0.05, 0) is 62.9 Å². The van der Waals surface area contributed by atoms with Gasteiger partial charge in [-0.25, -0.2) is 0 Å². The molecule has 1 heterocycles. The molecule has 0 spiro atoms. The maximum Gasteiger partial charge on any atom is 0.107 e. The van der Waals surface area contributed by atoms with E-state index in [0.29, 0.717) is 5.92 Å². The van der Waals surface area contributed by atoms with Crippen LogP contribution in [0.2, 0.25) is 0 Å². The highest BCUT2D eigenvalue weighted by Crippen LogP contribution is 2.35. The Morgan fingerprint density at radius 3 is 2.90 bits per heavy atom. The molecule has 2 rings (SSSR count). The highest BCUT2D eigenvalue weighted by molar-refractivity contribution is 5.12. The first-order valence-corrected chi connectivity index (χ1v) is 7.41. The molecule has 1 saturated carbocycles. The standard InChI is InChI=1S/C16H24N4/c1-20(11-6-14-4-9-19-10-5-14)12-7-15-3-2-8-16(15,18)13-17/h4-5,9-10,15H,2-3,6-8,11-12,18H2,1H3. The predicted octanol–water partition coefficient (Wildman–Crippen LogP) is 1.97. The second-order valence-corrected chi connectivity index (χ2v) is 5.94. The quantitative estimate of drug-likeness (QED) is 0.859. The highest BCUT2D eigenvalue weighted by Gasteiger charge is 2.39. The van der Waals surface area contributed by atoms with Crippen molar-refractivity contribution in [1.82, 2.24) is 9.88 Å². The first-order chi connectivity index (χ1) is 9.64. The number of pyridine rings is 1. The molecular formula is C16H24N4. The van der Waals surface area contributed by atoms with Crippen LogP contribution in [0.4, 0.5) is 0 Å². The molecule has 1 aliphatic rings. The summed E-state index contributed by atoms with van der Waals surface area (Å²) in [6, 6.07) is 6.45. The zero-order chi connectivity index (χ0) is 14.4. The topological polar surface area (TPSA) is 65.9 Å². The molecule has 2 atom stereocenters. The van der Waals surface area contributed by atoms with E-state index in [2.05, 4.69) is 35.1 Å². The molecule has 1 aromatic rings. The Morgan fingerprint density at radius 1 is 1.45 bits per heavy atom.